The van der Waals surface area contributed by atoms with E-state index in [1.165, 1.54) is 35.3 Å². The van der Waals surface area contributed by atoms with E-state index in [0.29, 0.717) is 12.5 Å². The number of hydrogen-bond acceptors (Lipinski definition) is 4. The van der Waals surface area contributed by atoms with Crippen molar-refractivity contribution in [3.63, 3.8) is 0 Å². The molecule has 4 rings (SSSR count). The molecule has 1 saturated heterocycles. The van der Waals surface area contributed by atoms with Crippen LogP contribution in [0.1, 0.15) is 71.8 Å². The number of thiophene rings is 1. The van der Waals surface area contributed by atoms with Gasteiger partial charge in [-0.2, -0.15) is 0 Å². The maximum atomic E-state index is 12.9. The fourth-order valence-electron chi connectivity index (χ4n) is 4.89. The van der Waals surface area contributed by atoms with E-state index in [1.54, 1.807) is 11.3 Å². The maximum Gasteiger partial charge on any atom is 0.341 e. The van der Waals surface area contributed by atoms with Crippen LogP contribution >= 0.6 is 23.6 Å². The Morgan fingerprint density at radius 3 is 2.56 bits per heavy atom. The zero-order valence-corrected chi connectivity index (χ0v) is 20.7. The molecule has 1 aliphatic heterocycles. The molecule has 6 heteroatoms. The predicted molar refractivity (Wildman–Crippen MR) is 137 cm³/mol. The summed E-state index contributed by atoms with van der Waals surface area (Å²) < 4.78 is 5.43. The first-order valence-corrected chi connectivity index (χ1v) is 13.3. The molecule has 1 aliphatic carbocycles. The molecule has 2 aromatic rings. The number of likely N-dealkylation sites (tertiary alicyclic amines) is 1. The first-order valence-electron chi connectivity index (χ1n) is 12.1. The van der Waals surface area contributed by atoms with Crippen LogP contribution in [0, 0.1) is 5.92 Å². The van der Waals surface area contributed by atoms with Crippen LogP contribution in [0.3, 0.4) is 0 Å². The highest BCUT2D eigenvalue weighted by atomic mass is 32.1. The smallest absolute Gasteiger partial charge is 0.341 e. The van der Waals surface area contributed by atoms with Gasteiger partial charge in [0.1, 0.15) is 5.00 Å². The fourth-order valence-corrected chi connectivity index (χ4v) is 6.52. The van der Waals surface area contributed by atoms with E-state index in [9.17, 15) is 4.79 Å². The fraction of sp³-hybridized carbons (Fsp3) is 0.538. The van der Waals surface area contributed by atoms with Gasteiger partial charge in [-0.05, 0) is 81.1 Å². The summed E-state index contributed by atoms with van der Waals surface area (Å²) in [4.78, 5) is 16.5. The number of benzene rings is 1. The third-order valence-electron chi connectivity index (χ3n) is 6.64. The second kappa shape index (κ2) is 11.3. The zero-order valence-electron chi connectivity index (χ0n) is 19.0. The van der Waals surface area contributed by atoms with Crippen LogP contribution in [-0.4, -0.2) is 35.7 Å². The van der Waals surface area contributed by atoms with Gasteiger partial charge in [0.05, 0.1) is 12.2 Å². The molecular formula is C26H34N2O2S2. The van der Waals surface area contributed by atoms with Crippen molar-refractivity contribution in [1.29, 1.82) is 0 Å². The quantitative estimate of drug-likeness (QED) is 0.414. The summed E-state index contributed by atoms with van der Waals surface area (Å²) in [5.74, 6) is 0.491. The van der Waals surface area contributed by atoms with Gasteiger partial charge in [-0.25, -0.2) is 4.79 Å². The zero-order chi connectivity index (χ0) is 22.3. The summed E-state index contributed by atoms with van der Waals surface area (Å²) in [5, 5.41) is 5.08. The lowest BCUT2D eigenvalue weighted by Crippen LogP contribution is -2.41. The van der Waals surface area contributed by atoms with Crippen molar-refractivity contribution in [2.75, 3.05) is 25.0 Å². The van der Waals surface area contributed by atoms with Crippen molar-refractivity contribution in [1.82, 2.24) is 4.90 Å². The van der Waals surface area contributed by atoms with Crippen molar-refractivity contribution in [2.24, 2.45) is 5.92 Å². The minimum atomic E-state index is -0.211. The molecule has 0 bridgehead atoms. The van der Waals surface area contributed by atoms with E-state index in [4.69, 9.17) is 17.0 Å². The molecule has 4 nitrogen and oxygen atoms in total. The predicted octanol–water partition coefficient (Wildman–Crippen LogP) is 6.24. The van der Waals surface area contributed by atoms with Crippen LogP contribution in [0.25, 0.3) is 0 Å². The lowest BCUT2D eigenvalue weighted by atomic mass is 9.90. The van der Waals surface area contributed by atoms with Gasteiger partial charge < -0.3 is 15.0 Å². The Hall–Kier alpha value is -1.92. The number of esters is 1. The van der Waals surface area contributed by atoms with Gasteiger partial charge in [-0.1, -0.05) is 43.2 Å². The number of nitrogens with one attached hydrogen (secondary N) is 1. The Bertz CT molecular complexity index is 917. The molecule has 2 aliphatic rings. The Morgan fingerprint density at radius 2 is 1.84 bits per heavy atom. The average molecular weight is 471 g/mol. The molecule has 32 heavy (non-hydrogen) atoms. The van der Waals surface area contributed by atoms with Crippen LogP contribution in [0.2, 0.25) is 0 Å². The number of piperidine rings is 1. The summed E-state index contributed by atoms with van der Waals surface area (Å²) in [6, 6.07) is 10.8. The van der Waals surface area contributed by atoms with Gasteiger partial charge in [0.15, 0.2) is 5.11 Å². The number of hydrogen-bond donors (Lipinski definition) is 1. The molecule has 1 aromatic carbocycles. The highest BCUT2D eigenvalue weighted by Crippen LogP contribution is 2.38. The van der Waals surface area contributed by atoms with E-state index in [1.807, 2.05) is 6.92 Å². The van der Waals surface area contributed by atoms with Crippen LogP contribution < -0.4 is 5.32 Å². The molecule has 0 unspecified atom stereocenters. The van der Waals surface area contributed by atoms with Crippen molar-refractivity contribution < 1.29 is 9.53 Å². The average Bonchev–Trinajstić information content (AvgIpc) is 3.11. The standard InChI is InChI=1S/C26H34N2O2S2/c1-2-30-25(29)23-21-12-8-3-4-9-13-22(21)32-24(23)27-26(31)28-16-14-20(15-17-28)18-19-10-6-5-7-11-19/h5-7,10-11,20H,2-4,8-9,12-18H2,1H3,(H,27,31). The van der Waals surface area contributed by atoms with Crippen molar-refractivity contribution in [3.05, 3.63) is 51.9 Å². The van der Waals surface area contributed by atoms with Crippen molar-refractivity contribution in [3.8, 4) is 0 Å². The topological polar surface area (TPSA) is 41.6 Å². The molecular weight excluding hydrogens is 436 g/mol. The molecule has 1 aromatic heterocycles. The van der Waals surface area contributed by atoms with E-state index in [0.717, 1.165) is 67.3 Å². The lowest BCUT2D eigenvalue weighted by Gasteiger charge is -2.34. The van der Waals surface area contributed by atoms with Crippen LogP contribution in [0.15, 0.2) is 30.3 Å². The summed E-state index contributed by atoms with van der Waals surface area (Å²) in [5.41, 5.74) is 3.34. The first kappa shape index (κ1) is 23.2. The Labute approximate surface area is 201 Å². The van der Waals surface area contributed by atoms with Crippen LogP contribution in [-0.2, 0) is 24.0 Å². The minimum absolute atomic E-state index is 0.211. The summed E-state index contributed by atoms with van der Waals surface area (Å²) in [6.45, 7) is 4.18. The normalized spacial score (nSPS) is 17.2. The number of nitrogens with zero attached hydrogens (tertiary/aromatic N) is 1. The Morgan fingerprint density at radius 1 is 1.12 bits per heavy atom. The largest absolute Gasteiger partial charge is 0.462 e. The van der Waals surface area contributed by atoms with Gasteiger partial charge in [-0.15, -0.1) is 11.3 Å². The number of carbonyl (C=O) groups is 1. The van der Waals surface area contributed by atoms with Gasteiger partial charge in [0, 0.05) is 18.0 Å². The molecule has 1 fully saturated rings. The molecule has 172 valence electrons. The molecule has 0 radical (unpaired) electrons. The highest BCUT2D eigenvalue weighted by Gasteiger charge is 2.27. The summed E-state index contributed by atoms with van der Waals surface area (Å²) in [7, 11) is 0. The summed E-state index contributed by atoms with van der Waals surface area (Å²) in [6.07, 6.45) is 10.3. The number of ether oxygens (including phenoxy) is 1. The number of rotatable bonds is 5. The number of thiocarbonyl (C=S) groups is 1. The van der Waals surface area contributed by atoms with E-state index in [2.05, 4.69) is 40.5 Å². The van der Waals surface area contributed by atoms with Gasteiger partial charge in [0.2, 0.25) is 0 Å². The number of aryl methyl sites for hydroxylation is 1. The number of carbonyl (C=O) groups excluding carboxylic acids is 1. The molecule has 0 amide bonds. The molecule has 0 spiro atoms. The molecule has 0 atom stereocenters. The highest BCUT2D eigenvalue weighted by molar-refractivity contribution is 7.80. The third-order valence-corrected chi connectivity index (χ3v) is 8.21. The first-order chi connectivity index (χ1) is 15.7. The molecule has 0 saturated carbocycles. The SMILES string of the molecule is CCOC(=O)c1c(NC(=S)N2CCC(Cc3ccccc3)CC2)sc2c1CCCCCC2. The Kier molecular flexibility index (Phi) is 8.20. The van der Waals surface area contributed by atoms with E-state index < -0.39 is 0 Å². The van der Waals surface area contributed by atoms with Gasteiger partial charge in [-0.3, -0.25) is 0 Å². The van der Waals surface area contributed by atoms with Crippen LogP contribution in [0.5, 0.6) is 0 Å². The monoisotopic (exact) mass is 470 g/mol. The van der Waals surface area contributed by atoms with Gasteiger partial charge >= 0.3 is 5.97 Å². The Balaban J connectivity index is 1.42. The molecule has 1 N–H and O–H groups in total. The number of anilines is 1. The van der Waals surface area contributed by atoms with Crippen molar-refractivity contribution >= 4 is 39.6 Å². The van der Waals surface area contributed by atoms with Gasteiger partial charge in [0.25, 0.3) is 0 Å². The van der Waals surface area contributed by atoms with Crippen LogP contribution in [0.4, 0.5) is 5.00 Å². The van der Waals surface area contributed by atoms with E-state index >= 15 is 0 Å². The second-order valence-electron chi connectivity index (χ2n) is 8.89. The summed E-state index contributed by atoms with van der Waals surface area (Å²) >= 11 is 7.51. The molecule has 2 heterocycles. The third kappa shape index (κ3) is 5.70. The second-order valence-corrected chi connectivity index (χ2v) is 10.4. The number of fused-ring (bicyclic) bond motifs is 1. The van der Waals surface area contributed by atoms with Crippen molar-refractivity contribution in [2.45, 2.75) is 64.7 Å². The lowest BCUT2D eigenvalue weighted by molar-refractivity contribution is 0.0526. The van der Waals surface area contributed by atoms with E-state index in [-0.39, 0.29) is 5.97 Å². The maximum absolute atomic E-state index is 12.9. The minimum Gasteiger partial charge on any atom is -0.462 e.